The highest BCUT2D eigenvalue weighted by molar-refractivity contribution is 9.10. The average molecular weight is 582 g/mol. The molecule has 0 aliphatic carbocycles. The van der Waals surface area contributed by atoms with Crippen molar-refractivity contribution in [1.82, 2.24) is 5.43 Å². The molecule has 0 saturated carbocycles. The summed E-state index contributed by atoms with van der Waals surface area (Å²) in [6, 6.07) is 15.2. The van der Waals surface area contributed by atoms with Crippen LogP contribution in [0.5, 0.6) is 17.2 Å². The maximum absolute atomic E-state index is 12.5. The lowest BCUT2D eigenvalue weighted by molar-refractivity contribution is 0.0954. The normalized spacial score (nSPS) is 11.3. The monoisotopic (exact) mass is 580 g/mol. The van der Waals surface area contributed by atoms with E-state index in [-0.39, 0.29) is 10.6 Å². The summed E-state index contributed by atoms with van der Waals surface area (Å²) in [7, 11) is -4.04. The summed E-state index contributed by atoms with van der Waals surface area (Å²) in [6.45, 7) is 4.61. The van der Waals surface area contributed by atoms with Gasteiger partial charge in [-0.2, -0.15) is 13.5 Å². The molecule has 3 aromatic rings. The third-order valence-electron chi connectivity index (χ3n) is 4.44. The van der Waals surface area contributed by atoms with Crippen LogP contribution in [0, 0.1) is 0 Å². The zero-order chi connectivity index (χ0) is 25.4. The van der Waals surface area contributed by atoms with Crippen molar-refractivity contribution in [3.05, 3.63) is 81.3 Å². The van der Waals surface area contributed by atoms with Crippen LogP contribution in [0.25, 0.3) is 0 Å². The number of nitrogens with one attached hydrogen (secondary N) is 1. The second-order valence-corrected chi connectivity index (χ2v) is 9.74. The highest BCUT2D eigenvalue weighted by atomic mass is 79.9. The first-order valence-corrected chi connectivity index (χ1v) is 13.0. The molecule has 0 heterocycles. The third kappa shape index (κ3) is 7.20. The second kappa shape index (κ2) is 12.1. The van der Waals surface area contributed by atoms with Gasteiger partial charge in [0.15, 0.2) is 17.2 Å². The van der Waals surface area contributed by atoms with Gasteiger partial charge in [-0.25, -0.2) is 5.43 Å². The summed E-state index contributed by atoms with van der Waals surface area (Å²) in [4.78, 5) is 12.4. The summed E-state index contributed by atoms with van der Waals surface area (Å²) in [5.74, 6) is 0.691. The third-order valence-corrected chi connectivity index (χ3v) is 6.56. The van der Waals surface area contributed by atoms with E-state index >= 15 is 0 Å². The van der Waals surface area contributed by atoms with Crippen molar-refractivity contribution in [2.45, 2.75) is 18.7 Å². The standard InChI is InChI=1S/C24H22BrClN2O6S/c1-3-32-22-12-6-17(14-23(22)33-4-2)24(29)28-27-15-16-5-11-21(20(25)13-16)34-35(30,31)19-9-7-18(26)8-10-19/h5-15H,3-4H2,1-2H3,(H,28,29)/b27-15+. The number of carbonyl (C=O) groups excluding carboxylic acids is 1. The van der Waals surface area contributed by atoms with Crippen molar-refractivity contribution >= 4 is 49.8 Å². The minimum atomic E-state index is -4.04. The minimum absolute atomic E-state index is 0.0241. The van der Waals surface area contributed by atoms with E-state index in [1.807, 2.05) is 13.8 Å². The molecule has 0 aliphatic heterocycles. The van der Waals surface area contributed by atoms with Crippen LogP contribution in [-0.4, -0.2) is 33.8 Å². The molecule has 0 aliphatic rings. The van der Waals surface area contributed by atoms with Crippen molar-refractivity contribution in [1.29, 1.82) is 0 Å². The van der Waals surface area contributed by atoms with E-state index in [0.29, 0.717) is 45.3 Å². The van der Waals surface area contributed by atoms with Crippen molar-refractivity contribution in [3.8, 4) is 17.2 Å². The Balaban J connectivity index is 1.67. The van der Waals surface area contributed by atoms with E-state index in [4.69, 9.17) is 25.3 Å². The van der Waals surface area contributed by atoms with Crippen molar-refractivity contribution in [2.75, 3.05) is 13.2 Å². The lowest BCUT2D eigenvalue weighted by atomic mass is 10.2. The first kappa shape index (κ1) is 26.5. The van der Waals surface area contributed by atoms with E-state index in [9.17, 15) is 13.2 Å². The van der Waals surface area contributed by atoms with Gasteiger partial charge < -0.3 is 13.7 Å². The first-order chi connectivity index (χ1) is 16.7. The van der Waals surface area contributed by atoms with Gasteiger partial charge in [-0.15, -0.1) is 0 Å². The maximum atomic E-state index is 12.5. The number of carbonyl (C=O) groups is 1. The number of hydrogen-bond donors (Lipinski definition) is 1. The molecule has 1 N–H and O–H groups in total. The molecule has 35 heavy (non-hydrogen) atoms. The zero-order valence-corrected chi connectivity index (χ0v) is 22.0. The number of ether oxygens (including phenoxy) is 2. The summed E-state index contributed by atoms with van der Waals surface area (Å²) < 4.78 is 41.6. The molecule has 3 aromatic carbocycles. The Labute approximate surface area is 217 Å². The Kier molecular flexibility index (Phi) is 9.13. The number of hydrazone groups is 1. The molecule has 0 bridgehead atoms. The van der Waals surface area contributed by atoms with E-state index < -0.39 is 16.0 Å². The van der Waals surface area contributed by atoms with Gasteiger partial charge in [0.25, 0.3) is 5.91 Å². The van der Waals surface area contributed by atoms with Crippen LogP contribution < -0.4 is 19.1 Å². The summed E-state index contributed by atoms with van der Waals surface area (Å²) in [6.07, 6.45) is 1.41. The van der Waals surface area contributed by atoms with Gasteiger partial charge >= 0.3 is 10.1 Å². The highest BCUT2D eigenvalue weighted by Crippen LogP contribution is 2.30. The molecule has 0 spiro atoms. The zero-order valence-electron chi connectivity index (χ0n) is 18.8. The van der Waals surface area contributed by atoms with Crippen LogP contribution in [0.3, 0.4) is 0 Å². The SMILES string of the molecule is CCOc1ccc(C(=O)N/N=C/c2ccc(OS(=O)(=O)c3ccc(Cl)cc3)c(Br)c2)cc1OCC. The Hall–Kier alpha value is -3.08. The average Bonchev–Trinajstić information content (AvgIpc) is 2.82. The van der Waals surface area contributed by atoms with E-state index in [1.54, 1.807) is 30.3 Å². The quantitative estimate of drug-likeness (QED) is 0.195. The van der Waals surface area contributed by atoms with Gasteiger partial charge in [0.1, 0.15) is 4.90 Å². The molecule has 0 fully saturated rings. The molecule has 0 aromatic heterocycles. The number of halogens is 2. The van der Waals surface area contributed by atoms with E-state index in [2.05, 4.69) is 26.5 Å². The summed E-state index contributed by atoms with van der Waals surface area (Å²) >= 11 is 9.10. The fourth-order valence-electron chi connectivity index (χ4n) is 2.85. The van der Waals surface area contributed by atoms with Gasteiger partial charge in [-0.05, 0) is 96.0 Å². The lowest BCUT2D eigenvalue weighted by Gasteiger charge is -2.11. The Bertz CT molecular complexity index is 1330. The number of rotatable bonds is 10. The summed E-state index contributed by atoms with van der Waals surface area (Å²) in [5, 5.41) is 4.38. The van der Waals surface area contributed by atoms with Crippen molar-refractivity contribution < 1.29 is 26.9 Å². The Morgan fingerprint density at radius 2 is 1.63 bits per heavy atom. The fraction of sp³-hybridized carbons (Fsp3) is 0.167. The first-order valence-electron chi connectivity index (χ1n) is 10.5. The van der Waals surface area contributed by atoms with Gasteiger partial charge in [-0.1, -0.05) is 11.6 Å². The highest BCUT2D eigenvalue weighted by Gasteiger charge is 2.18. The molecule has 11 heteroatoms. The van der Waals surface area contributed by atoms with Crippen LogP contribution in [0.2, 0.25) is 5.02 Å². The van der Waals surface area contributed by atoms with Gasteiger partial charge in [0.05, 0.1) is 23.9 Å². The maximum Gasteiger partial charge on any atom is 0.339 e. The summed E-state index contributed by atoms with van der Waals surface area (Å²) in [5.41, 5.74) is 3.39. The lowest BCUT2D eigenvalue weighted by Crippen LogP contribution is -2.17. The largest absolute Gasteiger partial charge is 0.490 e. The molecule has 3 rings (SSSR count). The Morgan fingerprint density at radius 3 is 2.29 bits per heavy atom. The van der Waals surface area contributed by atoms with Crippen LogP contribution in [0.1, 0.15) is 29.8 Å². The molecule has 8 nitrogen and oxygen atoms in total. The topological polar surface area (TPSA) is 103 Å². The van der Waals surface area contributed by atoms with Gasteiger partial charge in [-0.3, -0.25) is 4.79 Å². The molecule has 0 radical (unpaired) electrons. The molecule has 1 amide bonds. The van der Waals surface area contributed by atoms with E-state index in [0.717, 1.165) is 0 Å². The molecular formula is C24H22BrClN2O6S. The smallest absolute Gasteiger partial charge is 0.339 e. The van der Waals surface area contributed by atoms with Gasteiger partial charge in [0.2, 0.25) is 0 Å². The molecule has 184 valence electrons. The number of hydrogen-bond acceptors (Lipinski definition) is 7. The molecule has 0 saturated heterocycles. The van der Waals surface area contributed by atoms with E-state index in [1.165, 1.54) is 36.5 Å². The van der Waals surface area contributed by atoms with Crippen LogP contribution >= 0.6 is 27.5 Å². The number of nitrogens with zero attached hydrogens (tertiary/aromatic N) is 1. The van der Waals surface area contributed by atoms with Crippen LogP contribution in [0.15, 0.2) is 75.1 Å². The molecule has 0 atom stereocenters. The minimum Gasteiger partial charge on any atom is -0.490 e. The Morgan fingerprint density at radius 1 is 0.971 bits per heavy atom. The van der Waals surface area contributed by atoms with Crippen LogP contribution in [0.4, 0.5) is 0 Å². The predicted octanol–water partition coefficient (Wildman–Crippen LogP) is 5.43. The van der Waals surface area contributed by atoms with Crippen LogP contribution in [-0.2, 0) is 10.1 Å². The number of benzene rings is 3. The second-order valence-electron chi connectivity index (χ2n) is 6.91. The molecular weight excluding hydrogens is 560 g/mol. The van der Waals surface area contributed by atoms with Crippen molar-refractivity contribution in [2.24, 2.45) is 5.10 Å². The van der Waals surface area contributed by atoms with Crippen molar-refractivity contribution in [3.63, 3.8) is 0 Å². The molecule has 0 unspecified atom stereocenters. The predicted molar refractivity (Wildman–Crippen MR) is 137 cm³/mol. The number of amides is 1. The van der Waals surface area contributed by atoms with Gasteiger partial charge in [0, 0.05) is 10.6 Å². The fourth-order valence-corrected chi connectivity index (χ4v) is 4.51.